The number of nitro benzene ring substituents is 5. The molecule has 0 saturated carbocycles. The van der Waals surface area contributed by atoms with Crippen molar-refractivity contribution in [1.29, 1.82) is 0 Å². The summed E-state index contributed by atoms with van der Waals surface area (Å²) in [4.78, 5) is 51.4. The Bertz CT molecular complexity index is 1370. The summed E-state index contributed by atoms with van der Waals surface area (Å²) in [6, 6.07) is 9.55. The van der Waals surface area contributed by atoms with Gasteiger partial charge in [-0.1, -0.05) is 6.07 Å². The lowest BCUT2D eigenvalue weighted by Gasteiger charge is -2.11. The van der Waals surface area contributed by atoms with Crippen molar-refractivity contribution in [2.45, 2.75) is 0 Å². The van der Waals surface area contributed by atoms with Gasteiger partial charge in [0.15, 0.2) is 5.69 Å². The zero-order chi connectivity index (χ0) is 25.9. The first-order valence-electron chi connectivity index (χ1n) is 9.16. The first kappa shape index (κ1) is 23.9. The number of nitrogens with zero attached hydrogens (tertiary/aromatic N) is 5. The van der Waals surface area contributed by atoms with E-state index >= 15 is 0 Å². The topological polar surface area (TPSA) is 240 Å². The van der Waals surface area contributed by atoms with E-state index < -0.39 is 58.7 Å². The molecule has 0 unspecified atom stereocenters. The van der Waals surface area contributed by atoms with E-state index in [4.69, 9.17) is 0 Å². The molecular weight excluding hydrogens is 474 g/mol. The lowest BCUT2D eigenvalue weighted by Crippen LogP contribution is -2.04. The van der Waals surface area contributed by atoms with E-state index in [1.807, 2.05) is 0 Å². The minimum absolute atomic E-state index is 0.0552. The Kier molecular flexibility index (Phi) is 6.42. The van der Waals surface area contributed by atoms with Crippen LogP contribution in [0.1, 0.15) is 0 Å². The van der Waals surface area contributed by atoms with Gasteiger partial charge < -0.3 is 10.6 Å². The Balaban J connectivity index is 2.02. The van der Waals surface area contributed by atoms with Gasteiger partial charge in [-0.15, -0.1) is 0 Å². The van der Waals surface area contributed by atoms with Crippen LogP contribution < -0.4 is 10.6 Å². The molecule has 0 aliphatic rings. The molecule has 0 aliphatic heterocycles. The molecule has 17 heteroatoms. The summed E-state index contributed by atoms with van der Waals surface area (Å²) in [5.41, 5.74) is -4.29. The van der Waals surface area contributed by atoms with Crippen LogP contribution in [-0.2, 0) is 0 Å². The van der Waals surface area contributed by atoms with Crippen LogP contribution in [0.4, 0.5) is 51.2 Å². The molecule has 0 fully saturated rings. The molecule has 0 heterocycles. The van der Waals surface area contributed by atoms with Crippen molar-refractivity contribution in [3.05, 3.63) is 105 Å². The highest BCUT2D eigenvalue weighted by molar-refractivity contribution is 5.82. The number of rotatable bonds is 9. The van der Waals surface area contributed by atoms with Gasteiger partial charge in [-0.05, 0) is 24.3 Å². The molecule has 0 amide bonds. The molecular formula is C18H11N7O10. The third kappa shape index (κ3) is 5.19. The molecule has 0 atom stereocenters. The summed E-state index contributed by atoms with van der Waals surface area (Å²) < 4.78 is 0. The number of nitro groups is 5. The third-order valence-electron chi connectivity index (χ3n) is 4.49. The molecule has 0 bridgehead atoms. The van der Waals surface area contributed by atoms with Crippen LogP contribution in [0.5, 0.6) is 0 Å². The molecule has 2 N–H and O–H groups in total. The van der Waals surface area contributed by atoms with Gasteiger partial charge in [0.2, 0.25) is 0 Å². The second-order valence-electron chi connectivity index (χ2n) is 6.68. The normalized spacial score (nSPS) is 10.3. The highest BCUT2D eigenvalue weighted by Crippen LogP contribution is 2.40. The first-order valence-corrected chi connectivity index (χ1v) is 9.16. The Hall–Kier alpha value is -5.74. The van der Waals surface area contributed by atoms with Crippen molar-refractivity contribution in [1.82, 2.24) is 0 Å². The van der Waals surface area contributed by atoms with E-state index in [2.05, 4.69) is 10.6 Å². The van der Waals surface area contributed by atoms with Crippen molar-refractivity contribution in [3.63, 3.8) is 0 Å². The summed E-state index contributed by atoms with van der Waals surface area (Å²) in [6.07, 6.45) is 0. The summed E-state index contributed by atoms with van der Waals surface area (Å²) in [7, 11) is 0. The van der Waals surface area contributed by atoms with Gasteiger partial charge in [-0.2, -0.15) is 0 Å². The highest BCUT2D eigenvalue weighted by Gasteiger charge is 2.31. The largest absolute Gasteiger partial charge is 0.350 e. The number of nitrogens with one attached hydrogen (secondary N) is 2. The molecule has 0 spiro atoms. The number of anilines is 4. The Morgan fingerprint density at radius 3 is 1.49 bits per heavy atom. The number of hydrogen-bond donors (Lipinski definition) is 2. The summed E-state index contributed by atoms with van der Waals surface area (Å²) >= 11 is 0. The van der Waals surface area contributed by atoms with Gasteiger partial charge in [0.05, 0.1) is 42.8 Å². The van der Waals surface area contributed by atoms with E-state index in [0.717, 1.165) is 18.2 Å². The highest BCUT2D eigenvalue weighted by atomic mass is 16.6. The maximum atomic E-state index is 11.4. The monoisotopic (exact) mass is 485 g/mol. The summed E-state index contributed by atoms with van der Waals surface area (Å²) in [6.45, 7) is 0. The molecule has 0 radical (unpaired) electrons. The van der Waals surface area contributed by atoms with Crippen molar-refractivity contribution >= 4 is 51.2 Å². The second kappa shape index (κ2) is 9.40. The van der Waals surface area contributed by atoms with Crippen molar-refractivity contribution < 1.29 is 24.6 Å². The predicted octanol–water partition coefficient (Wildman–Crippen LogP) is 4.71. The number of non-ortho nitro benzene ring substituents is 2. The fourth-order valence-corrected chi connectivity index (χ4v) is 2.98. The van der Waals surface area contributed by atoms with Gasteiger partial charge in [-0.25, -0.2) is 0 Å². The van der Waals surface area contributed by atoms with E-state index in [1.165, 1.54) is 24.3 Å². The first-order chi connectivity index (χ1) is 16.5. The molecule has 0 aromatic heterocycles. The molecule has 3 aromatic carbocycles. The minimum Gasteiger partial charge on any atom is -0.350 e. The molecule has 3 rings (SSSR count). The molecule has 178 valence electrons. The molecule has 17 nitrogen and oxygen atoms in total. The lowest BCUT2D eigenvalue weighted by atomic mass is 10.2. The Labute approximate surface area is 192 Å². The Morgan fingerprint density at radius 2 is 1.00 bits per heavy atom. The fraction of sp³-hybridized carbons (Fsp3) is 0. The third-order valence-corrected chi connectivity index (χ3v) is 4.49. The number of hydrogen-bond acceptors (Lipinski definition) is 12. The van der Waals surface area contributed by atoms with E-state index in [9.17, 15) is 50.6 Å². The second-order valence-corrected chi connectivity index (χ2v) is 6.68. The van der Waals surface area contributed by atoms with E-state index in [-0.39, 0.29) is 17.1 Å². The quantitative estimate of drug-likeness (QED) is 0.309. The smallest absolute Gasteiger partial charge is 0.306 e. The van der Waals surface area contributed by atoms with Gasteiger partial charge in [0, 0.05) is 17.4 Å². The van der Waals surface area contributed by atoms with Gasteiger partial charge in [0.25, 0.3) is 17.1 Å². The van der Waals surface area contributed by atoms with Gasteiger partial charge >= 0.3 is 11.4 Å². The van der Waals surface area contributed by atoms with Crippen molar-refractivity contribution in [2.24, 2.45) is 0 Å². The van der Waals surface area contributed by atoms with Crippen molar-refractivity contribution in [2.75, 3.05) is 10.6 Å². The van der Waals surface area contributed by atoms with Crippen LogP contribution >= 0.6 is 0 Å². The fourth-order valence-electron chi connectivity index (χ4n) is 2.98. The van der Waals surface area contributed by atoms with E-state index in [0.29, 0.717) is 12.1 Å². The zero-order valence-electron chi connectivity index (χ0n) is 17.0. The maximum Gasteiger partial charge on any atom is 0.306 e. The molecule has 0 saturated heterocycles. The van der Waals surface area contributed by atoms with E-state index in [1.54, 1.807) is 0 Å². The standard InChI is InChI=1S/C18H11N7O10/c26-21(27)12-4-5-14(15(7-12)23(30)31)19-10-2-1-3-11(6-10)20-18-16(24(32)33)8-13(22(28)29)9-17(18)25(34)35/h1-9,19-20H. The van der Waals surface area contributed by atoms with Crippen LogP contribution in [0.25, 0.3) is 0 Å². The molecule has 3 aromatic rings. The van der Waals surface area contributed by atoms with Crippen LogP contribution in [0.3, 0.4) is 0 Å². The van der Waals surface area contributed by atoms with Gasteiger partial charge in [-0.3, -0.25) is 50.6 Å². The number of benzene rings is 3. The predicted molar refractivity (Wildman–Crippen MR) is 119 cm³/mol. The van der Waals surface area contributed by atoms with Crippen LogP contribution in [0.2, 0.25) is 0 Å². The average molecular weight is 485 g/mol. The molecule has 0 aliphatic carbocycles. The van der Waals surface area contributed by atoms with Crippen LogP contribution in [0.15, 0.2) is 54.6 Å². The maximum absolute atomic E-state index is 11.4. The minimum atomic E-state index is -1.02. The van der Waals surface area contributed by atoms with Crippen LogP contribution in [0, 0.1) is 50.6 Å². The molecule has 35 heavy (non-hydrogen) atoms. The summed E-state index contributed by atoms with van der Waals surface area (Å²) in [5, 5.41) is 61.3. The summed E-state index contributed by atoms with van der Waals surface area (Å²) in [5.74, 6) is 0. The van der Waals surface area contributed by atoms with Crippen LogP contribution in [-0.4, -0.2) is 24.6 Å². The average Bonchev–Trinajstić information content (AvgIpc) is 2.78. The Morgan fingerprint density at radius 1 is 0.514 bits per heavy atom. The zero-order valence-corrected chi connectivity index (χ0v) is 17.0. The lowest BCUT2D eigenvalue weighted by molar-refractivity contribution is -0.401. The SMILES string of the molecule is O=[N+]([O-])c1ccc(Nc2cccc(Nc3c([N+](=O)[O-])cc([N+](=O)[O-])cc3[N+](=O)[O-])c2)c([N+](=O)[O-])c1. The van der Waals surface area contributed by atoms with Crippen molar-refractivity contribution in [3.8, 4) is 0 Å². The van der Waals surface area contributed by atoms with Gasteiger partial charge in [0.1, 0.15) is 5.69 Å².